The number of morpholine rings is 1. The van der Waals surface area contributed by atoms with Crippen molar-refractivity contribution in [1.29, 1.82) is 0 Å². The van der Waals surface area contributed by atoms with Gasteiger partial charge < -0.3 is 14.6 Å². The molecule has 4 heteroatoms. The van der Waals surface area contributed by atoms with Gasteiger partial charge in [0.1, 0.15) is 0 Å². The van der Waals surface area contributed by atoms with Crippen molar-refractivity contribution in [2.24, 2.45) is 0 Å². The molecule has 1 saturated heterocycles. The minimum atomic E-state index is -0.463. The van der Waals surface area contributed by atoms with Crippen molar-refractivity contribution in [3.05, 3.63) is 35.9 Å². The predicted molar refractivity (Wildman–Crippen MR) is 87.9 cm³/mol. The van der Waals surface area contributed by atoms with E-state index in [9.17, 15) is 5.11 Å². The highest BCUT2D eigenvalue weighted by Crippen LogP contribution is 2.21. The molecule has 124 valence electrons. The van der Waals surface area contributed by atoms with Gasteiger partial charge in [-0.15, -0.1) is 0 Å². The van der Waals surface area contributed by atoms with Gasteiger partial charge >= 0.3 is 0 Å². The molecule has 1 aliphatic heterocycles. The quantitative estimate of drug-likeness (QED) is 0.841. The zero-order valence-corrected chi connectivity index (χ0v) is 13.9. The van der Waals surface area contributed by atoms with Crippen LogP contribution in [0.25, 0.3) is 0 Å². The summed E-state index contributed by atoms with van der Waals surface area (Å²) in [5.74, 6) is 0. The number of aliphatic hydroxyl groups excluding tert-OH is 1. The first-order valence-corrected chi connectivity index (χ1v) is 8.31. The first-order valence-electron chi connectivity index (χ1n) is 8.31. The molecule has 1 aromatic rings. The van der Waals surface area contributed by atoms with E-state index in [4.69, 9.17) is 9.47 Å². The van der Waals surface area contributed by atoms with Crippen molar-refractivity contribution >= 4 is 0 Å². The number of hydrogen-bond acceptors (Lipinski definition) is 4. The second-order valence-electron chi connectivity index (χ2n) is 6.27. The first kappa shape index (κ1) is 17.4. The SMILES string of the molecule is CCC(OCC(O)CN1CC(C)OC(C)C1)c1ccccc1. The van der Waals surface area contributed by atoms with Crippen LogP contribution in [-0.2, 0) is 9.47 Å². The fourth-order valence-electron chi connectivity index (χ4n) is 3.13. The van der Waals surface area contributed by atoms with E-state index in [0.717, 1.165) is 19.5 Å². The van der Waals surface area contributed by atoms with Crippen LogP contribution in [0, 0.1) is 0 Å². The highest BCUT2D eigenvalue weighted by molar-refractivity contribution is 5.17. The summed E-state index contributed by atoms with van der Waals surface area (Å²) < 4.78 is 11.6. The van der Waals surface area contributed by atoms with Crippen LogP contribution in [0.4, 0.5) is 0 Å². The van der Waals surface area contributed by atoms with Gasteiger partial charge in [0.05, 0.1) is 31.0 Å². The summed E-state index contributed by atoms with van der Waals surface area (Å²) in [5, 5.41) is 10.3. The Balaban J connectivity index is 1.78. The molecule has 0 radical (unpaired) electrons. The number of rotatable bonds is 7. The minimum Gasteiger partial charge on any atom is -0.389 e. The Morgan fingerprint density at radius 1 is 1.23 bits per heavy atom. The number of β-amino-alcohol motifs (C(OH)–C–C–N with tert-alkyl or cyclic N) is 1. The van der Waals surface area contributed by atoms with Crippen LogP contribution in [0.2, 0.25) is 0 Å². The summed E-state index contributed by atoms with van der Waals surface area (Å²) >= 11 is 0. The second-order valence-corrected chi connectivity index (χ2v) is 6.27. The fourth-order valence-corrected chi connectivity index (χ4v) is 3.13. The van der Waals surface area contributed by atoms with E-state index in [1.165, 1.54) is 5.56 Å². The number of ether oxygens (including phenoxy) is 2. The van der Waals surface area contributed by atoms with Gasteiger partial charge in [-0.2, -0.15) is 0 Å². The van der Waals surface area contributed by atoms with Crippen LogP contribution in [0.1, 0.15) is 38.9 Å². The smallest absolute Gasteiger partial charge is 0.0900 e. The number of aliphatic hydroxyl groups is 1. The summed E-state index contributed by atoms with van der Waals surface area (Å²) in [5.41, 5.74) is 1.17. The van der Waals surface area contributed by atoms with Crippen molar-refractivity contribution in [2.75, 3.05) is 26.2 Å². The van der Waals surface area contributed by atoms with E-state index in [1.807, 2.05) is 18.2 Å². The number of benzene rings is 1. The standard InChI is InChI=1S/C18H29NO3/c1-4-18(16-8-6-5-7-9-16)21-13-17(20)12-19-10-14(2)22-15(3)11-19/h5-9,14-15,17-18,20H,4,10-13H2,1-3H3. The van der Waals surface area contributed by atoms with Crippen LogP contribution in [0.3, 0.4) is 0 Å². The van der Waals surface area contributed by atoms with Crippen molar-refractivity contribution in [3.8, 4) is 0 Å². The fraction of sp³-hybridized carbons (Fsp3) is 0.667. The molecule has 0 spiro atoms. The molecule has 0 saturated carbocycles. The molecular formula is C18H29NO3. The zero-order chi connectivity index (χ0) is 15.9. The van der Waals surface area contributed by atoms with Gasteiger partial charge in [-0.05, 0) is 25.8 Å². The van der Waals surface area contributed by atoms with Crippen LogP contribution < -0.4 is 0 Å². The van der Waals surface area contributed by atoms with E-state index in [0.29, 0.717) is 13.2 Å². The highest BCUT2D eigenvalue weighted by atomic mass is 16.5. The Hall–Kier alpha value is -0.940. The average molecular weight is 307 g/mol. The third-order valence-electron chi connectivity index (χ3n) is 4.00. The van der Waals surface area contributed by atoms with Gasteiger partial charge in [0, 0.05) is 19.6 Å². The number of nitrogens with zero attached hydrogens (tertiary/aromatic N) is 1. The van der Waals surface area contributed by atoms with Gasteiger partial charge in [-0.25, -0.2) is 0 Å². The minimum absolute atomic E-state index is 0.0541. The monoisotopic (exact) mass is 307 g/mol. The molecule has 0 aliphatic carbocycles. The first-order chi connectivity index (χ1) is 10.6. The van der Waals surface area contributed by atoms with Gasteiger partial charge in [0.2, 0.25) is 0 Å². The lowest BCUT2D eigenvalue weighted by atomic mass is 10.1. The maximum atomic E-state index is 10.3. The van der Waals surface area contributed by atoms with Crippen molar-refractivity contribution < 1.29 is 14.6 Å². The Bertz CT molecular complexity index is 416. The maximum absolute atomic E-state index is 10.3. The van der Waals surface area contributed by atoms with E-state index >= 15 is 0 Å². The zero-order valence-electron chi connectivity index (χ0n) is 13.9. The Kier molecular flexibility index (Phi) is 6.83. The molecule has 1 aliphatic rings. The largest absolute Gasteiger partial charge is 0.389 e. The van der Waals surface area contributed by atoms with Crippen molar-refractivity contribution in [1.82, 2.24) is 4.90 Å². The second kappa shape index (κ2) is 8.63. The molecule has 1 heterocycles. The van der Waals surface area contributed by atoms with Crippen LogP contribution in [-0.4, -0.2) is 54.6 Å². The third-order valence-corrected chi connectivity index (χ3v) is 4.00. The van der Waals surface area contributed by atoms with E-state index in [2.05, 4.69) is 37.8 Å². The molecule has 1 fully saturated rings. The molecule has 1 aromatic carbocycles. The number of hydrogen-bond donors (Lipinski definition) is 1. The molecule has 4 nitrogen and oxygen atoms in total. The van der Waals surface area contributed by atoms with Crippen molar-refractivity contribution in [2.45, 2.75) is 51.6 Å². The van der Waals surface area contributed by atoms with Crippen LogP contribution >= 0.6 is 0 Å². The lowest BCUT2D eigenvalue weighted by molar-refractivity contribution is -0.0861. The molecule has 4 unspecified atom stereocenters. The highest BCUT2D eigenvalue weighted by Gasteiger charge is 2.24. The molecule has 22 heavy (non-hydrogen) atoms. The van der Waals surface area contributed by atoms with E-state index in [1.54, 1.807) is 0 Å². The van der Waals surface area contributed by atoms with E-state index in [-0.39, 0.29) is 18.3 Å². The molecule has 0 bridgehead atoms. The summed E-state index contributed by atoms with van der Waals surface area (Å²) in [6.45, 7) is 9.02. The molecule has 0 aromatic heterocycles. The molecule has 2 rings (SSSR count). The lowest BCUT2D eigenvalue weighted by Crippen LogP contribution is -2.48. The molecule has 0 amide bonds. The Morgan fingerprint density at radius 2 is 1.86 bits per heavy atom. The summed E-state index contributed by atoms with van der Waals surface area (Å²) in [7, 11) is 0. The summed E-state index contributed by atoms with van der Waals surface area (Å²) in [4.78, 5) is 2.26. The van der Waals surface area contributed by atoms with Gasteiger partial charge in [0.15, 0.2) is 0 Å². The van der Waals surface area contributed by atoms with Gasteiger partial charge in [-0.1, -0.05) is 37.3 Å². The molecular weight excluding hydrogens is 278 g/mol. The summed E-state index contributed by atoms with van der Waals surface area (Å²) in [6, 6.07) is 10.2. The van der Waals surface area contributed by atoms with Gasteiger partial charge in [-0.3, -0.25) is 4.90 Å². The Morgan fingerprint density at radius 3 is 2.45 bits per heavy atom. The average Bonchev–Trinajstić information content (AvgIpc) is 2.48. The van der Waals surface area contributed by atoms with E-state index < -0.39 is 6.10 Å². The molecule has 1 N–H and O–H groups in total. The predicted octanol–water partition coefficient (Wildman–Crippen LogP) is 2.62. The summed E-state index contributed by atoms with van der Waals surface area (Å²) in [6.07, 6.45) is 0.949. The van der Waals surface area contributed by atoms with Crippen LogP contribution in [0.5, 0.6) is 0 Å². The molecule has 4 atom stereocenters. The van der Waals surface area contributed by atoms with Crippen molar-refractivity contribution in [3.63, 3.8) is 0 Å². The topological polar surface area (TPSA) is 41.9 Å². The van der Waals surface area contributed by atoms with Crippen LogP contribution in [0.15, 0.2) is 30.3 Å². The normalized spacial score (nSPS) is 25.8. The lowest BCUT2D eigenvalue weighted by Gasteiger charge is -2.36. The van der Waals surface area contributed by atoms with Gasteiger partial charge in [0.25, 0.3) is 0 Å². The third kappa shape index (κ3) is 5.36. The Labute approximate surface area is 134 Å². The maximum Gasteiger partial charge on any atom is 0.0900 e.